The standard InChI is InChI=1S/C13H16NS/c1-3-9-14-10-13(11(2)15-14)12-7-5-4-6-8-12/h4-8,10H,3,9H2,1-2H3/q+1. The Kier molecular flexibility index (Phi) is 3.17. The maximum absolute atomic E-state index is 2.32. The number of rotatable bonds is 3. The fraction of sp³-hybridized carbons (Fsp3) is 0.308. The van der Waals surface area contributed by atoms with Gasteiger partial charge < -0.3 is 0 Å². The maximum atomic E-state index is 2.32. The Bertz CT molecular complexity index is 431. The van der Waals surface area contributed by atoms with E-state index in [0.29, 0.717) is 0 Å². The van der Waals surface area contributed by atoms with E-state index in [1.165, 1.54) is 22.4 Å². The number of nitrogens with zero attached hydrogens (tertiary/aromatic N) is 1. The molecule has 2 aromatic rings. The van der Waals surface area contributed by atoms with Crippen molar-refractivity contribution in [2.45, 2.75) is 26.8 Å². The van der Waals surface area contributed by atoms with Gasteiger partial charge in [-0.1, -0.05) is 37.3 Å². The summed E-state index contributed by atoms with van der Waals surface area (Å²) >= 11 is 1.85. The Morgan fingerprint density at radius 1 is 1.20 bits per heavy atom. The van der Waals surface area contributed by atoms with Crippen molar-refractivity contribution in [3.05, 3.63) is 41.4 Å². The molecule has 0 aliphatic heterocycles. The second kappa shape index (κ2) is 4.58. The van der Waals surface area contributed by atoms with Crippen molar-refractivity contribution in [2.75, 3.05) is 0 Å². The summed E-state index contributed by atoms with van der Waals surface area (Å²) in [4.78, 5) is 1.40. The molecule has 0 aliphatic carbocycles. The Morgan fingerprint density at radius 2 is 1.93 bits per heavy atom. The zero-order chi connectivity index (χ0) is 10.7. The largest absolute Gasteiger partial charge is 0.192 e. The lowest BCUT2D eigenvalue weighted by molar-refractivity contribution is -0.628. The highest BCUT2D eigenvalue weighted by Gasteiger charge is 2.13. The number of benzene rings is 1. The van der Waals surface area contributed by atoms with Gasteiger partial charge in [-0.2, -0.15) is 0 Å². The predicted molar refractivity (Wildman–Crippen MR) is 65.0 cm³/mol. The van der Waals surface area contributed by atoms with Crippen molar-refractivity contribution in [1.29, 1.82) is 0 Å². The van der Waals surface area contributed by atoms with Crippen molar-refractivity contribution in [1.82, 2.24) is 0 Å². The summed E-state index contributed by atoms with van der Waals surface area (Å²) in [5.74, 6) is 0. The first-order valence-electron chi connectivity index (χ1n) is 5.37. The monoisotopic (exact) mass is 218 g/mol. The van der Waals surface area contributed by atoms with Crippen LogP contribution >= 0.6 is 11.5 Å². The van der Waals surface area contributed by atoms with Crippen LogP contribution in [0.15, 0.2) is 36.5 Å². The van der Waals surface area contributed by atoms with E-state index in [2.05, 4.69) is 54.3 Å². The summed E-state index contributed by atoms with van der Waals surface area (Å²) in [6.45, 7) is 5.53. The van der Waals surface area contributed by atoms with Gasteiger partial charge in [0.2, 0.25) is 0 Å². The van der Waals surface area contributed by atoms with Crippen LogP contribution < -0.4 is 3.96 Å². The fourth-order valence-corrected chi connectivity index (χ4v) is 2.77. The smallest absolute Gasteiger partial charge is 0.140 e. The van der Waals surface area contributed by atoms with Crippen LogP contribution in [0, 0.1) is 6.92 Å². The summed E-state index contributed by atoms with van der Waals surface area (Å²) < 4.78 is 2.32. The van der Waals surface area contributed by atoms with E-state index in [-0.39, 0.29) is 0 Å². The maximum Gasteiger partial charge on any atom is 0.192 e. The van der Waals surface area contributed by atoms with Crippen molar-refractivity contribution >= 4 is 11.5 Å². The Morgan fingerprint density at radius 3 is 2.60 bits per heavy atom. The third kappa shape index (κ3) is 2.26. The first-order chi connectivity index (χ1) is 7.31. The van der Waals surface area contributed by atoms with Crippen molar-refractivity contribution in [3.8, 4) is 11.1 Å². The molecule has 0 atom stereocenters. The van der Waals surface area contributed by atoms with Gasteiger partial charge in [0.25, 0.3) is 0 Å². The third-order valence-electron chi connectivity index (χ3n) is 2.44. The summed E-state index contributed by atoms with van der Waals surface area (Å²) in [5.41, 5.74) is 2.69. The van der Waals surface area contributed by atoms with Crippen LogP contribution in [0.4, 0.5) is 0 Å². The van der Waals surface area contributed by atoms with Crippen LogP contribution in [0.2, 0.25) is 0 Å². The molecule has 1 aromatic heterocycles. The van der Waals surface area contributed by atoms with Gasteiger partial charge in [-0.05, 0) is 12.5 Å². The van der Waals surface area contributed by atoms with E-state index in [1.54, 1.807) is 0 Å². The zero-order valence-electron chi connectivity index (χ0n) is 9.23. The van der Waals surface area contributed by atoms with Crippen LogP contribution in [0.3, 0.4) is 0 Å². The van der Waals surface area contributed by atoms with E-state index in [9.17, 15) is 0 Å². The molecule has 1 heterocycles. The highest BCUT2D eigenvalue weighted by molar-refractivity contribution is 7.02. The summed E-state index contributed by atoms with van der Waals surface area (Å²) in [6.07, 6.45) is 3.46. The molecule has 2 rings (SSSR count). The van der Waals surface area contributed by atoms with Crippen molar-refractivity contribution in [3.63, 3.8) is 0 Å². The molecule has 0 unspecified atom stereocenters. The Balaban J connectivity index is 2.36. The molecule has 0 fully saturated rings. The molecule has 0 saturated heterocycles. The number of aryl methyl sites for hydroxylation is 2. The lowest BCUT2D eigenvalue weighted by atomic mass is 10.1. The van der Waals surface area contributed by atoms with E-state index < -0.39 is 0 Å². The molecule has 15 heavy (non-hydrogen) atoms. The molecule has 0 amide bonds. The molecule has 78 valence electrons. The lowest BCUT2D eigenvalue weighted by Gasteiger charge is -1.94. The molecule has 0 aliphatic rings. The molecule has 0 saturated carbocycles. The normalized spacial score (nSPS) is 10.5. The zero-order valence-corrected chi connectivity index (χ0v) is 10.1. The first kappa shape index (κ1) is 10.4. The predicted octanol–water partition coefficient (Wildman–Crippen LogP) is 3.42. The highest BCUT2D eigenvalue weighted by atomic mass is 32.1. The molecule has 0 radical (unpaired) electrons. The summed E-state index contributed by atoms with van der Waals surface area (Å²) in [6, 6.07) is 10.6. The quantitative estimate of drug-likeness (QED) is 0.695. The number of hydrogen-bond donors (Lipinski definition) is 0. The lowest BCUT2D eigenvalue weighted by Crippen LogP contribution is -2.26. The molecular weight excluding hydrogens is 202 g/mol. The molecule has 0 bridgehead atoms. The van der Waals surface area contributed by atoms with Gasteiger partial charge >= 0.3 is 0 Å². The fourth-order valence-electron chi connectivity index (χ4n) is 1.71. The van der Waals surface area contributed by atoms with Crippen LogP contribution in [0.5, 0.6) is 0 Å². The second-order valence-electron chi connectivity index (χ2n) is 3.70. The minimum atomic E-state index is 1.12. The minimum absolute atomic E-state index is 1.12. The van der Waals surface area contributed by atoms with Crippen molar-refractivity contribution < 1.29 is 3.96 Å². The van der Waals surface area contributed by atoms with Gasteiger partial charge in [0.05, 0.1) is 10.4 Å². The Labute approximate surface area is 95.2 Å². The van der Waals surface area contributed by atoms with Gasteiger partial charge in [-0.3, -0.25) is 0 Å². The van der Waals surface area contributed by atoms with Crippen LogP contribution in [0.25, 0.3) is 11.1 Å². The van der Waals surface area contributed by atoms with E-state index in [0.717, 1.165) is 6.54 Å². The molecule has 1 nitrogen and oxygen atoms in total. The van der Waals surface area contributed by atoms with Crippen LogP contribution in [0.1, 0.15) is 18.2 Å². The van der Waals surface area contributed by atoms with Gasteiger partial charge in [0, 0.05) is 6.42 Å². The average Bonchev–Trinajstić information content (AvgIpc) is 2.61. The number of hydrogen-bond acceptors (Lipinski definition) is 1. The minimum Gasteiger partial charge on any atom is -0.140 e. The van der Waals surface area contributed by atoms with Gasteiger partial charge in [0.1, 0.15) is 11.5 Å². The second-order valence-corrected chi connectivity index (χ2v) is 4.96. The average molecular weight is 218 g/mol. The van der Waals surface area contributed by atoms with E-state index >= 15 is 0 Å². The van der Waals surface area contributed by atoms with Crippen LogP contribution in [-0.4, -0.2) is 0 Å². The SMILES string of the molecule is CCC[n+]1cc(-c2ccccc2)c(C)s1. The van der Waals surface area contributed by atoms with Gasteiger partial charge in [0.15, 0.2) is 12.7 Å². The van der Waals surface area contributed by atoms with Crippen molar-refractivity contribution in [2.24, 2.45) is 0 Å². The number of aromatic nitrogens is 1. The van der Waals surface area contributed by atoms with E-state index in [4.69, 9.17) is 0 Å². The molecule has 0 N–H and O–H groups in total. The van der Waals surface area contributed by atoms with Gasteiger partial charge in [-0.25, -0.2) is 0 Å². The van der Waals surface area contributed by atoms with Gasteiger partial charge in [-0.15, -0.1) is 3.96 Å². The molecular formula is C13H16NS+. The van der Waals surface area contributed by atoms with E-state index in [1.807, 2.05) is 11.5 Å². The molecule has 2 heteroatoms. The Hall–Kier alpha value is -1.15. The first-order valence-corrected chi connectivity index (χ1v) is 6.14. The molecule has 0 spiro atoms. The summed E-state index contributed by atoms with van der Waals surface area (Å²) in [7, 11) is 0. The summed E-state index contributed by atoms with van der Waals surface area (Å²) in [5, 5.41) is 0. The topological polar surface area (TPSA) is 3.88 Å². The third-order valence-corrected chi connectivity index (χ3v) is 3.45. The highest BCUT2D eigenvalue weighted by Crippen LogP contribution is 2.24. The van der Waals surface area contributed by atoms with Crippen LogP contribution in [-0.2, 0) is 6.54 Å². The molecule has 1 aromatic carbocycles.